The standard InChI is InChI=1S/C12H14N2S/c1-4-9(3)14-11-7-8(2)5-6-10(11)13-12(14)15/h4-7,9H,1H2,2-3H3,(H,13,15). The van der Waals surface area contributed by atoms with Gasteiger partial charge in [-0.15, -0.1) is 6.58 Å². The van der Waals surface area contributed by atoms with Crippen molar-refractivity contribution in [3.63, 3.8) is 0 Å². The van der Waals surface area contributed by atoms with Crippen molar-refractivity contribution >= 4 is 23.3 Å². The zero-order valence-electron chi connectivity index (χ0n) is 8.95. The van der Waals surface area contributed by atoms with Gasteiger partial charge in [-0.25, -0.2) is 0 Å². The number of nitrogens with zero attached hydrogens (tertiary/aromatic N) is 1. The average Bonchev–Trinajstić information content (AvgIpc) is 2.52. The molecule has 15 heavy (non-hydrogen) atoms. The van der Waals surface area contributed by atoms with E-state index in [1.165, 1.54) is 5.56 Å². The van der Waals surface area contributed by atoms with Gasteiger partial charge in [0.2, 0.25) is 0 Å². The molecule has 0 spiro atoms. The molecule has 0 fully saturated rings. The van der Waals surface area contributed by atoms with Gasteiger partial charge in [-0.1, -0.05) is 12.1 Å². The van der Waals surface area contributed by atoms with Crippen LogP contribution in [-0.2, 0) is 0 Å². The van der Waals surface area contributed by atoms with Gasteiger partial charge in [-0.05, 0) is 43.8 Å². The summed E-state index contributed by atoms with van der Waals surface area (Å²) in [5.74, 6) is 0. The molecule has 1 heterocycles. The van der Waals surface area contributed by atoms with Gasteiger partial charge in [0.1, 0.15) is 0 Å². The van der Waals surface area contributed by atoms with Crippen LogP contribution in [0.1, 0.15) is 18.5 Å². The Morgan fingerprint density at radius 1 is 1.53 bits per heavy atom. The molecule has 0 bridgehead atoms. The maximum Gasteiger partial charge on any atom is 0.178 e. The van der Waals surface area contributed by atoms with Crippen molar-refractivity contribution in [2.45, 2.75) is 19.9 Å². The Balaban J connectivity index is 2.82. The Hall–Kier alpha value is -1.35. The minimum Gasteiger partial charge on any atom is -0.331 e. The van der Waals surface area contributed by atoms with Gasteiger partial charge in [-0.2, -0.15) is 0 Å². The molecule has 1 aromatic heterocycles. The van der Waals surface area contributed by atoms with Gasteiger partial charge in [0, 0.05) is 0 Å². The summed E-state index contributed by atoms with van der Waals surface area (Å²) < 4.78 is 2.84. The molecule has 0 saturated heterocycles. The van der Waals surface area contributed by atoms with Crippen LogP contribution in [0.5, 0.6) is 0 Å². The van der Waals surface area contributed by atoms with Crippen LogP contribution >= 0.6 is 12.2 Å². The number of nitrogens with one attached hydrogen (secondary N) is 1. The Bertz CT molecular complexity index is 562. The highest BCUT2D eigenvalue weighted by Gasteiger charge is 2.07. The molecule has 3 heteroatoms. The third kappa shape index (κ3) is 1.63. The lowest BCUT2D eigenvalue weighted by molar-refractivity contribution is 0.673. The van der Waals surface area contributed by atoms with Crippen LogP contribution in [0.15, 0.2) is 30.9 Å². The van der Waals surface area contributed by atoms with Crippen LogP contribution in [0.3, 0.4) is 0 Å². The lowest BCUT2D eigenvalue weighted by Crippen LogP contribution is -2.01. The number of imidazole rings is 1. The first-order valence-corrected chi connectivity index (χ1v) is 5.37. The number of aryl methyl sites for hydroxylation is 1. The number of benzene rings is 1. The minimum absolute atomic E-state index is 0.216. The predicted octanol–water partition coefficient (Wildman–Crippen LogP) is 3.75. The average molecular weight is 218 g/mol. The van der Waals surface area contributed by atoms with Crippen LogP contribution in [0.25, 0.3) is 11.0 Å². The zero-order valence-corrected chi connectivity index (χ0v) is 9.77. The summed E-state index contributed by atoms with van der Waals surface area (Å²) in [5.41, 5.74) is 3.47. The van der Waals surface area contributed by atoms with Gasteiger partial charge >= 0.3 is 0 Å². The van der Waals surface area contributed by atoms with E-state index in [0.717, 1.165) is 15.8 Å². The van der Waals surface area contributed by atoms with E-state index in [9.17, 15) is 0 Å². The van der Waals surface area contributed by atoms with Crippen LogP contribution in [-0.4, -0.2) is 9.55 Å². The van der Waals surface area contributed by atoms with Crippen molar-refractivity contribution in [1.82, 2.24) is 9.55 Å². The van der Waals surface area contributed by atoms with Crippen LogP contribution in [0.2, 0.25) is 0 Å². The van der Waals surface area contributed by atoms with E-state index in [1.807, 2.05) is 6.08 Å². The molecule has 0 saturated carbocycles. The molecule has 0 amide bonds. The predicted molar refractivity (Wildman–Crippen MR) is 66.8 cm³/mol. The third-order valence-corrected chi connectivity index (χ3v) is 2.92. The quantitative estimate of drug-likeness (QED) is 0.601. The number of aromatic amines is 1. The summed E-state index contributed by atoms with van der Waals surface area (Å²) in [6, 6.07) is 6.50. The molecular weight excluding hydrogens is 204 g/mol. The second-order valence-corrected chi connectivity index (χ2v) is 4.18. The fourth-order valence-electron chi connectivity index (χ4n) is 1.74. The zero-order chi connectivity index (χ0) is 11.0. The third-order valence-electron chi connectivity index (χ3n) is 2.62. The van der Waals surface area contributed by atoms with Crippen LogP contribution in [0, 0.1) is 11.7 Å². The molecule has 2 rings (SSSR count). The second-order valence-electron chi connectivity index (χ2n) is 3.80. The minimum atomic E-state index is 0.216. The number of fused-ring (bicyclic) bond motifs is 1. The summed E-state index contributed by atoms with van der Waals surface area (Å²) in [5, 5.41) is 0. The van der Waals surface area contributed by atoms with E-state index < -0.39 is 0 Å². The largest absolute Gasteiger partial charge is 0.331 e. The SMILES string of the molecule is C=CC(C)n1c(=S)[nH]c2ccc(C)cc21. The first-order valence-electron chi connectivity index (χ1n) is 4.97. The van der Waals surface area contributed by atoms with E-state index in [1.54, 1.807) is 0 Å². The number of rotatable bonds is 2. The summed E-state index contributed by atoms with van der Waals surface area (Å²) in [7, 11) is 0. The molecule has 2 nitrogen and oxygen atoms in total. The molecule has 0 aliphatic heterocycles. The number of H-pyrrole nitrogens is 1. The lowest BCUT2D eigenvalue weighted by Gasteiger charge is -2.09. The van der Waals surface area contributed by atoms with Crippen LogP contribution < -0.4 is 0 Å². The van der Waals surface area contributed by atoms with E-state index in [0.29, 0.717) is 0 Å². The second kappa shape index (κ2) is 3.66. The van der Waals surface area contributed by atoms with Crippen molar-refractivity contribution in [1.29, 1.82) is 0 Å². The highest BCUT2D eigenvalue weighted by atomic mass is 32.1. The van der Waals surface area contributed by atoms with Crippen molar-refractivity contribution in [2.75, 3.05) is 0 Å². The Kier molecular flexibility index (Phi) is 2.49. The van der Waals surface area contributed by atoms with E-state index in [2.05, 4.69) is 48.2 Å². The van der Waals surface area contributed by atoms with Crippen molar-refractivity contribution < 1.29 is 0 Å². The van der Waals surface area contributed by atoms with Gasteiger partial charge in [0.25, 0.3) is 0 Å². The van der Waals surface area contributed by atoms with E-state index in [4.69, 9.17) is 12.2 Å². The maximum atomic E-state index is 5.30. The van der Waals surface area contributed by atoms with Crippen molar-refractivity contribution in [3.8, 4) is 0 Å². The van der Waals surface area contributed by atoms with Crippen molar-refractivity contribution in [3.05, 3.63) is 41.2 Å². The van der Waals surface area contributed by atoms with Gasteiger partial charge in [0.15, 0.2) is 4.77 Å². The number of allylic oxidation sites excluding steroid dienone is 1. The fourth-order valence-corrected chi connectivity index (χ4v) is 2.12. The summed E-state index contributed by atoms with van der Waals surface area (Å²) in [4.78, 5) is 3.20. The first-order chi connectivity index (χ1) is 7.13. The molecule has 0 aliphatic rings. The fraction of sp³-hybridized carbons (Fsp3) is 0.250. The summed E-state index contributed by atoms with van der Waals surface area (Å²) in [6.45, 7) is 7.97. The van der Waals surface area contributed by atoms with Crippen LogP contribution in [0.4, 0.5) is 0 Å². The Labute approximate surface area is 94.2 Å². The van der Waals surface area contributed by atoms with E-state index >= 15 is 0 Å². The molecule has 0 aliphatic carbocycles. The molecule has 78 valence electrons. The number of hydrogen-bond donors (Lipinski definition) is 1. The molecular formula is C12H14N2S. The molecule has 0 radical (unpaired) electrons. The molecule has 1 unspecified atom stereocenters. The normalized spacial score (nSPS) is 12.9. The first kappa shape index (κ1) is 10.2. The van der Waals surface area contributed by atoms with Gasteiger partial charge in [-0.3, -0.25) is 0 Å². The highest BCUT2D eigenvalue weighted by molar-refractivity contribution is 7.71. The molecule has 2 aromatic rings. The number of aromatic nitrogens is 2. The smallest absolute Gasteiger partial charge is 0.178 e. The molecule has 1 atom stereocenters. The summed E-state index contributed by atoms with van der Waals surface area (Å²) in [6.07, 6.45) is 1.89. The summed E-state index contributed by atoms with van der Waals surface area (Å²) >= 11 is 5.30. The monoisotopic (exact) mass is 218 g/mol. The molecule has 1 aromatic carbocycles. The maximum absolute atomic E-state index is 5.30. The van der Waals surface area contributed by atoms with E-state index in [-0.39, 0.29) is 6.04 Å². The number of hydrogen-bond acceptors (Lipinski definition) is 1. The highest BCUT2D eigenvalue weighted by Crippen LogP contribution is 2.20. The Morgan fingerprint density at radius 2 is 2.27 bits per heavy atom. The van der Waals surface area contributed by atoms with Gasteiger partial charge < -0.3 is 9.55 Å². The lowest BCUT2D eigenvalue weighted by atomic mass is 10.2. The van der Waals surface area contributed by atoms with Crippen molar-refractivity contribution in [2.24, 2.45) is 0 Å². The van der Waals surface area contributed by atoms with Gasteiger partial charge in [0.05, 0.1) is 17.1 Å². The Morgan fingerprint density at radius 3 is 2.93 bits per heavy atom. The molecule has 1 N–H and O–H groups in total. The topological polar surface area (TPSA) is 20.7 Å².